The summed E-state index contributed by atoms with van der Waals surface area (Å²) in [7, 11) is 0. The summed E-state index contributed by atoms with van der Waals surface area (Å²) in [6.07, 6.45) is 9.98. The summed E-state index contributed by atoms with van der Waals surface area (Å²) in [5.74, 6) is 2.17. The lowest BCUT2D eigenvalue weighted by atomic mass is 9.86. The summed E-state index contributed by atoms with van der Waals surface area (Å²) < 4.78 is 12.8. The molecular formula is C27H33N3O3. The number of phenolic OH excluding ortho intramolecular Hbond substituents is 1. The second-order valence-corrected chi connectivity index (χ2v) is 9.11. The van der Waals surface area contributed by atoms with Crippen LogP contribution in [-0.2, 0) is 13.0 Å². The van der Waals surface area contributed by atoms with Crippen molar-refractivity contribution in [3.63, 3.8) is 0 Å². The molecule has 0 amide bonds. The number of hydrogen-bond acceptors (Lipinski definition) is 5. The highest BCUT2D eigenvalue weighted by atomic mass is 16.5. The van der Waals surface area contributed by atoms with Gasteiger partial charge in [-0.1, -0.05) is 24.3 Å². The van der Waals surface area contributed by atoms with Crippen molar-refractivity contribution in [3.8, 4) is 17.2 Å². The Labute approximate surface area is 195 Å². The Kier molecular flexibility index (Phi) is 6.45. The molecule has 4 rings (SSSR count). The number of phenols is 1. The molecular weight excluding hydrogens is 414 g/mol. The van der Waals surface area contributed by atoms with Gasteiger partial charge in [0.1, 0.15) is 22.8 Å². The maximum Gasteiger partial charge on any atom is 0.127 e. The molecule has 3 aromatic rings. The first-order valence-corrected chi connectivity index (χ1v) is 11.5. The number of hydrogen-bond donors (Lipinski definition) is 1. The van der Waals surface area contributed by atoms with Gasteiger partial charge in [-0.05, 0) is 75.8 Å². The fraction of sp³-hybridized carbons (Fsp3) is 0.407. The first-order chi connectivity index (χ1) is 15.8. The van der Waals surface area contributed by atoms with E-state index in [2.05, 4.69) is 41.4 Å². The summed E-state index contributed by atoms with van der Waals surface area (Å²) in [6.45, 7) is 11.3. The third kappa shape index (κ3) is 4.75. The maximum atomic E-state index is 10.4. The molecule has 1 aliphatic heterocycles. The molecule has 1 atom stereocenters. The molecule has 33 heavy (non-hydrogen) atoms. The molecule has 1 N–H and O–H groups in total. The predicted octanol–water partition coefficient (Wildman–Crippen LogP) is 5.54. The molecule has 1 aliphatic rings. The van der Waals surface area contributed by atoms with Crippen molar-refractivity contribution in [1.82, 2.24) is 15.0 Å². The van der Waals surface area contributed by atoms with Gasteiger partial charge in [-0.25, -0.2) is 0 Å². The minimum Gasteiger partial charge on any atom is -0.507 e. The largest absolute Gasteiger partial charge is 0.507 e. The van der Waals surface area contributed by atoms with Gasteiger partial charge >= 0.3 is 0 Å². The van der Waals surface area contributed by atoms with Crippen LogP contribution in [0.25, 0.3) is 6.08 Å². The van der Waals surface area contributed by atoms with Crippen LogP contribution in [0.2, 0.25) is 0 Å². The summed E-state index contributed by atoms with van der Waals surface area (Å²) >= 11 is 0. The quantitative estimate of drug-likeness (QED) is 0.515. The number of rotatable bonds is 7. The fourth-order valence-electron chi connectivity index (χ4n) is 4.46. The molecule has 2 heterocycles. The third-order valence-corrected chi connectivity index (χ3v) is 6.70. The van der Waals surface area contributed by atoms with E-state index >= 15 is 0 Å². The minimum atomic E-state index is -0.315. The van der Waals surface area contributed by atoms with Crippen LogP contribution in [0, 0.1) is 20.8 Å². The second-order valence-electron chi connectivity index (χ2n) is 9.11. The zero-order valence-corrected chi connectivity index (χ0v) is 20.2. The Bertz CT molecular complexity index is 1170. The van der Waals surface area contributed by atoms with Crippen LogP contribution >= 0.6 is 0 Å². The smallest absolute Gasteiger partial charge is 0.127 e. The number of fused-ring (bicyclic) bond motifs is 1. The van der Waals surface area contributed by atoms with Crippen LogP contribution in [0.4, 0.5) is 0 Å². The molecule has 0 saturated heterocycles. The van der Waals surface area contributed by atoms with Gasteiger partial charge in [0, 0.05) is 17.5 Å². The normalized spacial score (nSPS) is 17.7. The summed E-state index contributed by atoms with van der Waals surface area (Å²) in [5.41, 5.74) is 5.80. The van der Waals surface area contributed by atoms with Gasteiger partial charge in [0.05, 0.1) is 25.5 Å². The van der Waals surface area contributed by atoms with Crippen LogP contribution in [0.1, 0.15) is 60.1 Å². The SMILES string of the molecule is C/C=C/c1ccc(Cn2nccn2)cc1OCCC1(C)CCc2c(C)c(O)c(C)c(C)c2O1. The zero-order chi connectivity index (χ0) is 23.6. The van der Waals surface area contributed by atoms with E-state index in [0.29, 0.717) is 18.9 Å². The highest BCUT2D eigenvalue weighted by Gasteiger charge is 2.34. The molecule has 0 aliphatic carbocycles. The highest BCUT2D eigenvalue weighted by molar-refractivity contribution is 5.59. The van der Waals surface area contributed by atoms with Crippen molar-refractivity contribution in [1.29, 1.82) is 0 Å². The molecule has 6 heteroatoms. The molecule has 0 fully saturated rings. The van der Waals surface area contributed by atoms with E-state index in [1.165, 1.54) is 0 Å². The molecule has 6 nitrogen and oxygen atoms in total. The van der Waals surface area contributed by atoms with Gasteiger partial charge in [0.25, 0.3) is 0 Å². The number of allylic oxidation sites excluding steroid dienone is 1. The fourth-order valence-corrected chi connectivity index (χ4v) is 4.46. The monoisotopic (exact) mass is 447 g/mol. The van der Waals surface area contributed by atoms with Gasteiger partial charge in [-0.2, -0.15) is 15.0 Å². The Morgan fingerprint density at radius 1 is 1.15 bits per heavy atom. The standard InChI is InChI=1S/C27H33N3O3/c1-6-7-22-9-8-21(17-30-28-13-14-29-30)16-24(22)32-15-12-27(5)11-10-23-20(4)25(31)18(2)19(3)26(23)33-27/h6-9,13-14,16,31H,10-12,15,17H2,1-5H3/b7-6+. The number of benzene rings is 2. The molecule has 0 radical (unpaired) electrons. The Morgan fingerprint density at radius 2 is 1.91 bits per heavy atom. The summed E-state index contributed by atoms with van der Waals surface area (Å²) in [5, 5.41) is 18.8. The molecule has 2 aromatic carbocycles. The van der Waals surface area contributed by atoms with E-state index in [4.69, 9.17) is 9.47 Å². The number of aromatic nitrogens is 3. The van der Waals surface area contributed by atoms with Crippen molar-refractivity contribution in [2.75, 3.05) is 6.61 Å². The molecule has 1 aromatic heterocycles. The molecule has 0 bridgehead atoms. The van der Waals surface area contributed by atoms with Crippen molar-refractivity contribution >= 4 is 6.08 Å². The van der Waals surface area contributed by atoms with Gasteiger partial charge in [0.2, 0.25) is 0 Å². The van der Waals surface area contributed by atoms with Crippen LogP contribution in [0.15, 0.2) is 36.7 Å². The maximum absolute atomic E-state index is 10.4. The van der Waals surface area contributed by atoms with Crippen LogP contribution < -0.4 is 9.47 Å². The molecule has 0 saturated carbocycles. The number of ether oxygens (including phenoxy) is 2. The van der Waals surface area contributed by atoms with Crippen LogP contribution in [0.3, 0.4) is 0 Å². The molecule has 0 spiro atoms. The topological polar surface area (TPSA) is 69.4 Å². The van der Waals surface area contributed by atoms with Gasteiger partial charge in [-0.3, -0.25) is 0 Å². The van der Waals surface area contributed by atoms with E-state index in [0.717, 1.165) is 64.1 Å². The van der Waals surface area contributed by atoms with Crippen molar-refractivity contribution in [3.05, 3.63) is 70.0 Å². The van der Waals surface area contributed by atoms with E-state index in [-0.39, 0.29) is 5.60 Å². The zero-order valence-electron chi connectivity index (χ0n) is 20.2. The second kappa shape index (κ2) is 9.30. The highest BCUT2D eigenvalue weighted by Crippen LogP contribution is 2.44. The summed E-state index contributed by atoms with van der Waals surface area (Å²) in [6, 6.07) is 6.22. The molecule has 1 unspecified atom stereocenters. The van der Waals surface area contributed by atoms with Crippen molar-refractivity contribution in [2.45, 2.75) is 66.0 Å². The lowest BCUT2D eigenvalue weighted by Gasteiger charge is -2.38. The van der Waals surface area contributed by atoms with Crippen molar-refractivity contribution < 1.29 is 14.6 Å². The first-order valence-electron chi connectivity index (χ1n) is 11.5. The average Bonchev–Trinajstić information content (AvgIpc) is 3.31. The average molecular weight is 448 g/mol. The number of aromatic hydroxyl groups is 1. The summed E-state index contributed by atoms with van der Waals surface area (Å²) in [4.78, 5) is 1.66. The van der Waals surface area contributed by atoms with Gasteiger partial charge in [-0.15, -0.1) is 0 Å². The Hall–Kier alpha value is -3.28. The van der Waals surface area contributed by atoms with Crippen LogP contribution in [0.5, 0.6) is 17.2 Å². The van der Waals surface area contributed by atoms with E-state index in [1.54, 1.807) is 17.2 Å². The Morgan fingerprint density at radius 3 is 2.64 bits per heavy atom. The van der Waals surface area contributed by atoms with E-state index < -0.39 is 0 Å². The molecule has 174 valence electrons. The van der Waals surface area contributed by atoms with Crippen LogP contribution in [-0.4, -0.2) is 32.3 Å². The predicted molar refractivity (Wildman–Crippen MR) is 130 cm³/mol. The Balaban J connectivity index is 1.48. The van der Waals surface area contributed by atoms with Gasteiger partial charge < -0.3 is 14.6 Å². The first kappa shape index (κ1) is 22.9. The lowest BCUT2D eigenvalue weighted by molar-refractivity contribution is 0.0411. The lowest BCUT2D eigenvalue weighted by Crippen LogP contribution is -2.38. The van der Waals surface area contributed by atoms with Crippen molar-refractivity contribution in [2.24, 2.45) is 0 Å². The third-order valence-electron chi connectivity index (χ3n) is 6.70. The van der Waals surface area contributed by atoms with E-state index in [1.807, 2.05) is 33.8 Å². The van der Waals surface area contributed by atoms with Gasteiger partial charge in [0.15, 0.2) is 0 Å². The minimum absolute atomic E-state index is 0.315. The number of nitrogens with zero attached hydrogens (tertiary/aromatic N) is 3. The van der Waals surface area contributed by atoms with E-state index in [9.17, 15) is 5.11 Å².